The molecule has 0 atom stereocenters. The van der Waals surface area contributed by atoms with E-state index in [0.29, 0.717) is 18.9 Å². The molecule has 7 heteroatoms. The summed E-state index contributed by atoms with van der Waals surface area (Å²) in [4.78, 5) is 17.5. The van der Waals surface area contributed by atoms with Crippen LogP contribution in [0.1, 0.15) is 18.4 Å². The maximum atomic E-state index is 8.64. The van der Waals surface area contributed by atoms with Crippen molar-refractivity contribution < 1.29 is 4.74 Å². The highest BCUT2D eigenvalue weighted by Crippen LogP contribution is 2.24. The van der Waals surface area contributed by atoms with E-state index in [-0.39, 0.29) is 0 Å². The van der Waals surface area contributed by atoms with Gasteiger partial charge in [-0.25, -0.2) is 9.97 Å². The second kappa shape index (κ2) is 8.94. The van der Waals surface area contributed by atoms with Crippen LogP contribution in [0.2, 0.25) is 0 Å². The number of nitrogens with zero attached hydrogens (tertiary/aromatic N) is 6. The number of rotatable bonds is 7. The summed E-state index contributed by atoms with van der Waals surface area (Å²) in [6.07, 6.45) is 8.44. The molecular weight excluding hydrogens is 316 g/mol. The van der Waals surface area contributed by atoms with E-state index in [4.69, 9.17) is 10.00 Å². The van der Waals surface area contributed by atoms with Gasteiger partial charge in [0.1, 0.15) is 6.61 Å². The Labute approximate surface area is 147 Å². The molecule has 1 aliphatic heterocycles. The monoisotopic (exact) mass is 338 g/mol. The minimum absolute atomic E-state index is 0.424. The van der Waals surface area contributed by atoms with Crippen molar-refractivity contribution >= 4 is 5.82 Å². The minimum atomic E-state index is 0.424. The van der Waals surface area contributed by atoms with Gasteiger partial charge in [-0.1, -0.05) is 6.07 Å². The largest absolute Gasteiger partial charge is 0.470 e. The summed E-state index contributed by atoms with van der Waals surface area (Å²) >= 11 is 0. The van der Waals surface area contributed by atoms with Crippen molar-refractivity contribution in [1.82, 2.24) is 19.9 Å². The number of piperazine rings is 1. The Kier molecular flexibility index (Phi) is 6.12. The molecule has 1 fully saturated rings. The van der Waals surface area contributed by atoms with E-state index in [1.165, 1.54) is 0 Å². The number of unbranched alkanes of at least 4 members (excludes halogenated alkanes) is 1. The third-order valence-corrected chi connectivity index (χ3v) is 4.18. The van der Waals surface area contributed by atoms with E-state index in [1.807, 2.05) is 12.1 Å². The van der Waals surface area contributed by atoms with Crippen molar-refractivity contribution in [3.8, 4) is 11.9 Å². The van der Waals surface area contributed by atoms with Crippen LogP contribution in [0.15, 0.2) is 36.9 Å². The highest BCUT2D eigenvalue weighted by Gasteiger charge is 2.21. The van der Waals surface area contributed by atoms with Crippen molar-refractivity contribution in [3.63, 3.8) is 0 Å². The van der Waals surface area contributed by atoms with E-state index in [1.54, 1.807) is 24.8 Å². The van der Waals surface area contributed by atoms with Crippen LogP contribution in [0, 0.1) is 11.3 Å². The molecule has 2 aromatic rings. The SMILES string of the molecule is N#CCCCN1CCN(c2nccnc2OCc2cccnc2)CC1. The molecule has 0 unspecified atom stereocenters. The zero-order valence-corrected chi connectivity index (χ0v) is 14.2. The van der Waals surface area contributed by atoms with Gasteiger partial charge in [-0.15, -0.1) is 0 Å². The molecule has 0 aliphatic carbocycles. The van der Waals surface area contributed by atoms with Crippen LogP contribution in [-0.4, -0.2) is 52.6 Å². The Morgan fingerprint density at radius 3 is 2.72 bits per heavy atom. The van der Waals surface area contributed by atoms with Crippen LogP contribution in [0.5, 0.6) is 5.88 Å². The number of ether oxygens (including phenoxy) is 1. The summed E-state index contributed by atoms with van der Waals surface area (Å²) in [5, 5.41) is 8.64. The van der Waals surface area contributed by atoms with E-state index in [0.717, 1.165) is 50.5 Å². The summed E-state index contributed by atoms with van der Waals surface area (Å²) in [5.74, 6) is 1.35. The van der Waals surface area contributed by atoms with Gasteiger partial charge in [-0.3, -0.25) is 9.88 Å². The highest BCUT2D eigenvalue weighted by molar-refractivity contribution is 5.48. The summed E-state index contributed by atoms with van der Waals surface area (Å²) in [7, 11) is 0. The Morgan fingerprint density at radius 2 is 1.96 bits per heavy atom. The number of nitriles is 1. The zero-order chi connectivity index (χ0) is 17.3. The first-order valence-corrected chi connectivity index (χ1v) is 8.54. The summed E-state index contributed by atoms with van der Waals surface area (Å²) < 4.78 is 5.88. The molecule has 0 saturated carbocycles. The predicted molar refractivity (Wildman–Crippen MR) is 94.1 cm³/mol. The molecule has 0 amide bonds. The quantitative estimate of drug-likeness (QED) is 0.713. The molecule has 0 N–H and O–H groups in total. The number of anilines is 1. The molecule has 1 saturated heterocycles. The number of aromatic nitrogens is 3. The second-order valence-corrected chi connectivity index (χ2v) is 5.93. The fourth-order valence-electron chi connectivity index (χ4n) is 2.84. The van der Waals surface area contributed by atoms with Crippen molar-refractivity contribution in [3.05, 3.63) is 42.5 Å². The van der Waals surface area contributed by atoms with Gasteiger partial charge in [0, 0.05) is 63.0 Å². The maximum Gasteiger partial charge on any atom is 0.257 e. The maximum absolute atomic E-state index is 8.64. The summed E-state index contributed by atoms with van der Waals surface area (Å²) in [6.45, 7) is 5.09. The molecule has 0 bridgehead atoms. The van der Waals surface area contributed by atoms with Crippen LogP contribution in [0.25, 0.3) is 0 Å². The lowest BCUT2D eigenvalue weighted by Gasteiger charge is -2.35. The molecule has 0 radical (unpaired) electrons. The van der Waals surface area contributed by atoms with Crippen LogP contribution in [-0.2, 0) is 6.61 Å². The first kappa shape index (κ1) is 17.1. The van der Waals surface area contributed by atoms with Gasteiger partial charge in [0.25, 0.3) is 5.88 Å². The lowest BCUT2D eigenvalue weighted by atomic mass is 10.2. The van der Waals surface area contributed by atoms with Gasteiger partial charge < -0.3 is 9.64 Å². The summed E-state index contributed by atoms with van der Waals surface area (Å²) in [5.41, 5.74) is 1.00. The Morgan fingerprint density at radius 1 is 1.12 bits per heavy atom. The standard InChI is InChI=1S/C18H22N6O/c19-5-1-2-9-23-10-12-24(13-11-23)17-18(22-8-7-21-17)25-15-16-4-3-6-20-14-16/h3-4,6-8,14H,1-2,9-13,15H2. The minimum Gasteiger partial charge on any atom is -0.470 e. The lowest BCUT2D eigenvalue weighted by molar-refractivity contribution is 0.251. The van der Waals surface area contributed by atoms with E-state index in [2.05, 4.69) is 30.8 Å². The van der Waals surface area contributed by atoms with Gasteiger partial charge >= 0.3 is 0 Å². The van der Waals surface area contributed by atoms with Crippen LogP contribution < -0.4 is 9.64 Å². The normalized spacial score (nSPS) is 14.9. The van der Waals surface area contributed by atoms with Crippen LogP contribution in [0.3, 0.4) is 0 Å². The molecule has 130 valence electrons. The molecule has 25 heavy (non-hydrogen) atoms. The highest BCUT2D eigenvalue weighted by atomic mass is 16.5. The van der Waals surface area contributed by atoms with E-state index in [9.17, 15) is 0 Å². The predicted octanol–water partition coefficient (Wildman–Crippen LogP) is 1.88. The van der Waals surface area contributed by atoms with Gasteiger partial charge in [-0.05, 0) is 19.0 Å². The van der Waals surface area contributed by atoms with Crippen molar-refractivity contribution in [2.75, 3.05) is 37.6 Å². The second-order valence-electron chi connectivity index (χ2n) is 5.93. The number of hydrogen-bond donors (Lipinski definition) is 0. The average molecular weight is 338 g/mol. The van der Waals surface area contributed by atoms with Gasteiger partial charge in [0.2, 0.25) is 0 Å². The zero-order valence-electron chi connectivity index (χ0n) is 14.2. The molecular formula is C18H22N6O. The average Bonchev–Trinajstić information content (AvgIpc) is 2.68. The van der Waals surface area contributed by atoms with Crippen molar-refractivity contribution in [2.45, 2.75) is 19.4 Å². The molecule has 3 rings (SSSR count). The van der Waals surface area contributed by atoms with Gasteiger partial charge in [-0.2, -0.15) is 5.26 Å². The fraction of sp³-hybridized carbons (Fsp3) is 0.444. The van der Waals surface area contributed by atoms with Crippen molar-refractivity contribution in [1.29, 1.82) is 5.26 Å². The fourth-order valence-corrected chi connectivity index (χ4v) is 2.84. The first-order chi connectivity index (χ1) is 12.4. The first-order valence-electron chi connectivity index (χ1n) is 8.54. The van der Waals surface area contributed by atoms with Crippen LogP contribution >= 0.6 is 0 Å². The number of hydrogen-bond acceptors (Lipinski definition) is 7. The molecule has 0 aromatic carbocycles. The Balaban J connectivity index is 1.57. The lowest BCUT2D eigenvalue weighted by Crippen LogP contribution is -2.47. The van der Waals surface area contributed by atoms with Crippen molar-refractivity contribution in [2.24, 2.45) is 0 Å². The summed E-state index contributed by atoms with van der Waals surface area (Å²) in [6, 6.07) is 6.07. The Bertz CT molecular complexity index is 694. The number of pyridine rings is 1. The third kappa shape index (κ3) is 4.88. The van der Waals surface area contributed by atoms with Gasteiger partial charge in [0.15, 0.2) is 5.82 Å². The topological polar surface area (TPSA) is 78.2 Å². The van der Waals surface area contributed by atoms with Gasteiger partial charge in [0.05, 0.1) is 6.07 Å². The molecule has 7 nitrogen and oxygen atoms in total. The molecule has 3 heterocycles. The third-order valence-electron chi connectivity index (χ3n) is 4.18. The molecule has 1 aliphatic rings. The van der Waals surface area contributed by atoms with E-state index >= 15 is 0 Å². The smallest absolute Gasteiger partial charge is 0.257 e. The van der Waals surface area contributed by atoms with E-state index < -0.39 is 0 Å². The molecule has 0 spiro atoms. The van der Waals surface area contributed by atoms with Crippen LogP contribution in [0.4, 0.5) is 5.82 Å². The molecule has 2 aromatic heterocycles. The Hall–Kier alpha value is -2.72.